The number of carbonyl (C=O) groups is 3. The Hall–Kier alpha value is -3.27. The van der Waals surface area contributed by atoms with Gasteiger partial charge in [0, 0.05) is 6.54 Å². The number of rotatable bonds is 13. The van der Waals surface area contributed by atoms with Crippen LogP contribution in [0.2, 0.25) is 0 Å². The van der Waals surface area contributed by atoms with Crippen molar-refractivity contribution in [3.8, 4) is 0 Å². The second kappa shape index (κ2) is 15.2. The van der Waals surface area contributed by atoms with Crippen LogP contribution in [0.1, 0.15) is 43.2 Å². The van der Waals surface area contributed by atoms with Crippen molar-refractivity contribution < 1.29 is 24.6 Å². The summed E-state index contributed by atoms with van der Waals surface area (Å²) < 4.78 is 0. The molecule has 0 aromatic heterocycles. The van der Waals surface area contributed by atoms with Crippen molar-refractivity contribution in [2.75, 3.05) is 13.2 Å². The van der Waals surface area contributed by atoms with E-state index in [-0.39, 0.29) is 12.8 Å². The Morgan fingerprint density at radius 1 is 0.816 bits per heavy atom. The van der Waals surface area contributed by atoms with Crippen LogP contribution in [0.15, 0.2) is 60.7 Å². The number of aliphatic hydroxyl groups is 2. The fourth-order valence-corrected chi connectivity index (χ4v) is 4.75. The largest absolute Gasteiger partial charge is 0.394 e. The Morgan fingerprint density at radius 2 is 1.39 bits per heavy atom. The van der Waals surface area contributed by atoms with Gasteiger partial charge in [0.25, 0.3) is 5.91 Å². The molecule has 1 saturated carbocycles. The van der Waals surface area contributed by atoms with Crippen LogP contribution < -0.4 is 21.7 Å². The first-order chi connectivity index (χ1) is 18.4. The fourth-order valence-electron chi connectivity index (χ4n) is 4.75. The summed E-state index contributed by atoms with van der Waals surface area (Å²) in [5, 5.41) is 28.7. The van der Waals surface area contributed by atoms with E-state index in [2.05, 4.69) is 16.0 Å². The van der Waals surface area contributed by atoms with Gasteiger partial charge in [-0.15, -0.1) is 0 Å². The first-order valence-electron chi connectivity index (χ1n) is 13.4. The molecule has 0 unspecified atom stereocenters. The lowest BCUT2D eigenvalue weighted by molar-refractivity contribution is -0.134. The monoisotopic (exact) mass is 524 g/mol. The summed E-state index contributed by atoms with van der Waals surface area (Å²) in [7, 11) is 0. The average molecular weight is 525 g/mol. The van der Waals surface area contributed by atoms with Crippen LogP contribution in [0.4, 0.5) is 0 Å². The second-order valence-corrected chi connectivity index (χ2v) is 10.0. The topological polar surface area (TPSA) is 154 Å². The van der Waals surface area contributed by atoms with Gasteiger partial charge < -0.3 is 31.9 Å². The van der Waals surface area contributed by atoms with Crippen LogP contribution in [0, 0.1) is 5.92 Å². The normalized spacial score (nSPS) is 17.0. The highest BCUT2D eigenvalue weighted by atomic mass is 16.3. The summed E-state index contributed by atoms with van der Waals surface area (Å²) >= 11 is 0. The van der Waals surface area contributed by atoms with E-state index in [0.29, 0.717) is 12.5 Å². The summed E-state index contributed by atoms with van der Waals surface area (Å²) in [5.41, 5.74) is 7.70. The van der Waals surface area contributed by atoms with E-state index in [1.165, 1.54) is 6.42 Å². The number of hydrogen-bond acceptors (Lipinski definition) is 6. The van der Waals surface area contributed by atoms with Gasteiger partial charge in [-0.25, -0.2) is 0 Å². The second-order valence-electron chi connectivity index (χ2n) is 10.0. The minimum atomic E-state index is -1.52. The van der Waals surface area contributed by atoms with Crippen molar-refractivity contribution in [3.05, 3.63) is 71.8 Å². The molecule has 2 aromatic carbocycles. The standard InChI is InChI=1S/C29H40N4O5/c30-23(16-20-10-4-1-5-11-20)27(36)33-25(19-34)28(37)32-24(17-21-12-6-2-7-13-21)26(35)29(38)31-18-22-14-8-3-9-15-22/h1-2,4-7,10-13,22-26,34-35H,3,8-9,14-19,30H2,(H,31,38)(H,32,37)(H,33,36)/t23-,24-,25-,26+/m0/s1. The molecule has 9 nitrogen and oxygen atoms in total. The lowest BCUT2D eigenvalue weighted by atomic mass is 9.89. The van der Waals surface area contributed by atoms with Gasteiger partial charge in [0.05, 0.1) is 18.7 Å². The van der Waals surface area contributed by atoms with Gasteiger partial charge in [-0.2, -0.15) is 0 Å². The predicted molar refractivity (Wildman–Crippen MR) is 145 cm³/mol. The van der Waals surface area contributed by atoms with Gasteiger partial charge in [0.15, 0.2) is 6.10 Å². The minimum absolute atomic E-state index is 0.185. The SMILES string of the molecule is N[C@@H](Cc1ccccc1)C(=O)N[C@@H](CO)C(=O)N[C@@H](Cc1ccccc1)[C@@H](O)C(=O)NCC1CCCCC1. The molecule has 206 valence electrons. The van der Waals surface area contributed by atoms with Crippen molar-refractivity contribution in [2.24, 2.45) is 11.7 Å². The molecule has 0 saturated heterocycles. The predicted octanol–water partition coefficient (Wildman–Crippen LogP) is 0.818. The van der Waals surface area contributed by atoms with E-state index >= 15 is 0 Å². The van der Waals surface area contributed by atoms with Gasteiger partial charge in [-0.05, 0) is 42.7 Å². The van der Waals surface area contributed by atoms with Gasteiger partial charge in [-0.1, -0.05) is 79.9 Å². The van der Waals surface area contributed by atoms with Crippen LogP contribution in [0.5, 0.6) is 0 Å². The van der Waals surface area contributed by atoms with Crippen molar-refractivity contribution >= 4 is 17.7 Å². The molecule has 7 N–H and O–H groups in total. The first kappa shape index (κ1) is 29.3. The zero-order chi connectivity index (χ0) is 27.3. The zero-order valence-corrected chi connectivity index (χ0v) is 21.7. The smallest absolute Gasteiger partial charge is 0.251 e. The number of hydrogen-bond donors (Lipinski definition) is 6. The molecule has 0 heterocycles. The summed E-state index contributed by atoms with van der Waals surface area (Å²) in [6.07, 6.45) is 4.51. The van der Waals surface area contributed by atoms with Crippen LogP contribution >= 0.6 is 0 Å². The third kappa shape index (κ3) is 9.24. The molecule has 9 heteroatoms. The average Bonchev–Trinajstić information content (AvgIpc) is 2.95. The molecule has 1 fully saturated rings. The van der Waals surface area contributed by atoms with Crippen LogP contribution in [-0.4, -0.2) is 65.3 Å². The quantitative estimate of drug-likeness (QED) is 0.228. The minimum Gasteiger partial charge on any atom is -0.394 e. The molecule has 0 bridgehead atoms. The molecule has 3 amide bonds. The highest BCUT2D eigenvalue weighted by Gasteiger charge is 2.31. The summed E-state index contributed by atoms with van der Waals surface area (Å²) in [6.45, 7) is -0.186. The van der Waals surface area contributed by atoms with Gasteiger partial charge in [0.1, 0.15) is 6.04 Å². The molecule has 0 radical (unpaired) electrons. The third-order valence-corrected chi connectivity index (χ3v) is 7.02. The van der Waals surface area contributed by atoms with E-state index in [1.54, 1.807) is 0 Å². The van der Waals surface area contributed by atoms with E-state index < -0.39 is 48.6 Å². The zero-order valence-electron chi connectivity index (χ0n) is 21.7. The Labute approximate surface area is 224 Å². The fraction of sp³-hybridized carbons (Fsp3) is 0.483. The van der Waals surface area contributed by atoms with Crippen LogP contribution in [-0.2, 0) is 27.2 Å². The van der Waals surface area contributed by atoms with E-state index in [0.717, 1.165) is 36.8 Å². The lowest BCUT2D eigenvalue weighted by Crippen LogP contribution is -2.58. The van der Waals surface area contributed by atoms with Crippen molar-refractivity contribution in [3.63, 3.8) is 0 Å². The van der Waals surface area contributed by atoms with Gasteiger partial charge >= 0.3 is 0 Å². The van der Waals surface area contributed by atoms with Gasteiger partial charge in [-0.3, -0.25) is 14.4 Å². The first-order valence-corrected chi connectivity index (χ1v) is 13.4. The lowest BCUT2D eigenvalue weighted by Gasteiger charge is -2.27. The molecule has 0 spiro atoms. The maximum atomic E-state index is 13.1. The number of nitrogens with one attached hydrogen (secondary N) is 3. The number of amides is 3. The maximum Gasteiger partial charge on any atom is 0.251 e. The van der Waals surface area contributed by atoms with Crippen molar-refractivity contribution in [2.45, 2.75) is 69.2 Å². The van der Waals surface area contributed by atoms with Gasteiger partial charge in [0.2, 0.25) is 11.8 Å². The van der Waals surface area contributed by atoms with Crippen molar-refractivity contribution in [1.29, 1.82) is 0 Å². The highest BCUT2D eigenvalue weighted by Crippen LogP contribution is 2.22. The molecule has 1 aliphatic rings. The molecular formula is C29H40N4O5. The Kier molecular flexibility index (Phi) is 11.7. The summed E-state index contributed by atoms with van der Waals surface area (Å²) in [6, 6.07) is 15.2. The number of carbonyl (C=O) groups excluding carboxylic acids is 3. The maximum absolute atomic E-state index is 13.1. The number of benzene rings is 2. The molecule has 1 aliphatic carbocycles. The van der Waals surface area contributed by atoms with Crippen molar-refractivity contribution in [1.82, 2.24) is 16.0 Å². The van der Waals surface area contributed by atoms with Crippen LogP contribution in [0.25, 0.3) is 0 Å². The molecular weight excluding hydrogens is 484 g/mol. The number of nitrogens with two attached hydrogens (primary N) is 1. The highest BCUT2D eigenvalue weighted by molar-refractivity contribution is 5.90. The summed E-state index contributed by atoms with van der Waals surface area (Å²) in [4.78, 5) is 38.5. The third-order valence-electron chi connectivity index (χ3n) is 7.02. The molecule has 3 rings (SSSR count). The number of aliphatic hydroxyl groups excluding tert-OH is 2. The molecule has 38 heavy (non-hydrogen) atoms. The Bertz CT molecular complexity index is 1010. The van der Waals surface area contributed by atoms with E-state index in [1.807, 2.05) is 60.7 Å². The molecule has 0 aliphatic heterocycles. The Morgan fingerprint density at radius 3 is 1.97 bits per heavy atom. The molecule has 4 atom stereocenters. The Balaban J connectivity index is 1.62. The van der Waals surface area contributed by atoms with E-state index in [9.17, 15) is 24.6 Å². The molecule has 2 aromatic rings. The van der Waals surface area contributed by atoms with Crippen LogP contribution in [0.3, 0.4) is 0 Å². The summed E-state index contributed by atoms with van der Waals surface area (Å²) in [5.74, 6) is -1.48. The van der Waals surface area contributed by atoms with E-state index in [4.69, 9.17) is 5.73 Å².